The number of fused-ring (bicyclic) bond motifs is 5. The molecule has 3 aromatic rings. The molecule has 5 atom stereocenters. The Bertz CT molecular complexity index is 2110. The zero-order valence-corrected chi connectivity index (χ0v) is 31.8. The summed E-state index contributed by atoms with van der Waals surface area (Å²) in [7, 11) is 0. The molecule has 0 fully saturated rings. The maximum absolute atomic E-state index is 5.13. The van der Waals surface area contributed by atoms with Crippen LogP contribution in [0.1, 0.15) is 120 Å². The van der Waals surface area contributed by atoms with Crippen molar-refractivity contribution in [2.24, 2.45) is 22.2 Å². The van der Waals surface area contributed by atoms with E-state index in [0.29, 0.717) is 11.8 Å². The lowest BCUT2D eigenvalue weighted by Gasteiger charge is -2.67. The van der Waals surface area contributed by atoms with Gasteiger partial charge in [0.05, 0.1) is 0 Å². The van der Waals surface area contributed by atoms with E-state index in [1.54, 1.807) is 16.7 Å². The zero-order valence-electron chi connectivity index (χ0n) is 31.8. The Labute approximate surface area is 296 Å². The first-order chi connectivity index (χ1) is 23.2. The highest BCUT2D eigenvalue weighted by Gasteiger charge is 2.65. The van der Waals surface area contributed by atoms with Crippen molar-refractivity contribution in [3.8, 4) is 22.3 Å². The molecule has 0 aliphatic heterocycles. The zero-order chi connectivity index (χ0) is 34.9. The average molecular weight is 645 g/mol. The molecular weight excluding hydrogens is 589 g/mol. The predicted octanol–water partition coefficient (Wildman–Crippen LogP) is 13.3. The van der Waals surface area contributed by atoms with E-state index in [9.17, 15) is 0 Å². The summed E-state index contributed by atoms with van der Waals surface area (Å²) in [4.78, 5) is 0. The molecule has 252 valence electrons. The van der Waals surface area contributed by atoms with Gasteiger partial charge in [-0.1, -0.05) is 107 Å². The third kappa shape index (κ3) is 3.98. The number of hydrogen-bond acceptors (Lipinski definition) is 0. The van der Waals surface area contributed by atoms with Gasteiger partial charge >= 0.3 is 0 Å². The highest BCUT2D eigenvalue weighted by atomic mass is 14.7. The van der Waals surface area contributed by atoms with Crippen molar-refractivity contribution in [2.75, 3.05) is 0 Å². The van der Waals surface area contributed by atoms with Crippen LogP contribution in [-0.4, -0.2) is 0 Å². The largest absolute Gasteiger partial charge is 0.0955 e. The van der Waals surface area contributed by atoms with E-state index >= 15 is 0 Å². The Morgan fingerprint density at radius 3 is 2.22 bits per heavy atom. The summed E-state index contributed by atoms with van der Waals surface area (Å²) < 4.78 is 0. The molecule has 0 amide bonds. The maximum Gasteiger partial charge on any atom is 0.0196 e. The summed E-state index contributed by atoms with van der Waals surface area (Å²) in [6, 6.07) is 17.1. The minimum absolute atomic E-state index is 0.00873. The van der Waals surface area contributed by atoms with E-state index in [4.69, 9.17) is 13.2 Å². The molecular formula is C49H56. The summed E-state index contributed by atoms with van der Waals surface area (Å²) in [5, 5.41) is 0. The van der Waals surface area contributed by atoms with E-state index in [1.165, 1.54) is 116 Å². The highest BCUT2D eigenvalue weighted by Crippen LogP contribution is 2.75. The topological polar surface area (TPSA) is 0 Å². The Balaban J connectivity index is 1.45. The molecule has 0 heteroatoms. The summed E-state index contributed by atoms with van der Waals surface area (Å²) in [6.45, 7) is 36.6. The van der Waals surface area contributed by atoms with Gasteiger partial charge in [-0.3, -0.25) is 0 Å². The third-order valence-corrected chi connectivity index (χ3v) is 15.5. The standard InChI is InChI=1S/C49H56/c1-27(2)43-28(3)26-47(10)34(9)48(11)31(6)45-42(38-23-22-35-16-13-19-37(35)24-38)25-41(40-21-15-18-36-17-14-20-39(36)40)29(4)44(45)30(5)46(48)33(8)49(47,12)32(43)7/h15,18,21-25,31,34H,1,5,7,13-14,16-17,19-20,26H2,2-4,6,8-12H3/t31-,34+,47+,48-,49-/m1/s1. The van der Waals surface area contributed by atoms with Gasteiger partial charge in [-0.05, 0) is 179 Å². The average Bonchev–Trinajstić information content (AvgIpc) is 3.74. The van der Waals surface area contributed by atoms with Crippen LogP contribution in [0.2, 0.25) is 0 Å². The van der Waals surface area contributed by atoms with Crippen LogP contribution in [0, 0.1) is 29.1 Å². The van der Waals surface area contributed by atoms with Crippen LogP contribution >= 0.6 is 0 Å². The van der Waals surface area contributed by atoms with Crippen LogP contribution < -0.4 is 0 Å². The van der Waals surface area contributed by atoms with Gasteiger partial charge in [0, 0.05) is 10.8 Å². The van der Waals surface area contributed by atoms with E-state index in [2.05, 4.69) is 111 Å². The molecule has 0 unspecified atom stereocenters. The molecule has 3 aromatic carbocycles. The van der Waals surface area contributed by atoms with E-state index in [1.807, 2.05) is 0 Å². The fourth-order valence-electron chi connectivity index (χ4n) is 12.4. The van der Waals surface area contributed by atoms with Crippen molar-refractivity contribution in [3.63, 3.8) is 0 Å². The molecule has 0 aromatic heterocycles. The summed E-state index contributed by atoms with van der Waals surface area (Å²) >= 11 is 0. The number of rotatable bonds is 3. The molecule has 0 nitrogen and oxygen atoms in total. The first-order valence-electron chi connectivity index (χ1n) is 19.1. The van der Waals surface area contributed by atoms with Crippen LogP contribution in [-0.2, 0) is 25.7 Å². The number of hydrogen-bond donors (Lipinski definition) is 0. The first kappa shape index (κ1) is 32.6. The Morgan fingerprint density at radius 1 is 0.796 bits per heavy atom. The fraction of sp³-hybridized carbons (Fsp3) is 0.429. The van der Waals surface area contributed by atoms with E-state index in [-0.39, 0.29) is 16.2 Å². The van der Waals surface area contributed by atoms with Crippen LogP contribution in [0.15, 0.2) is 95.6 Å². The van der Waals surface area contributed by atoms with Crippen molar-refractivity contribution in [3.05, 3.63) is 135 Å². The summed E-state index contributed by atoms with van der Waals surface area (Å²) in [6.07, 6.45) is 8.35. The number of aryl methyl sites for hydroxylation is 3. The molecule has 49 heavy (non-hydrogen) atoms. The van der Waals surface area contributed by atoms with Gasteiger partial charge in [0.25, 0.3) is 0 Å². The number of benzene rings is 3. The second kappa shape index (κ2) is 10.7. The molecule has 5 aliphatic rings. The van der Waals surface area contributed by atoms with Gasteiger partial charge in [0.15, 0.2) is 0 Å². The van der Waals surface area contributed by atoms with Crippen LogP contribution in [0.25, 0.3) is 27.8 Å². The van der Waals surface area contributed by atoms with Gasteiger partial charge in [0.1, 0.15) is 0 Å². The van der Waals surface area contributed by atoms with Gasteiger partial charge in [-0.2, -0.15) is 0 Å². The van der Waals surface area contributed by atoms with Crippen molar-refractivity contribution in [1.29, 1.82) is 0 Å². The molecule has 0 bridgehead atoms. The van der Waals surface area contributed by atoms with Gasteiger partial charge in [0.2, 0.25) is 0 Å². The normalized spacial score (nSPS) is 30.2. The lowest BCUT2D eigenvalue weighted by Crippen LogP contribution is -2.58. The van der Waals surface area contributed by atoms with E-state index < -0.39 is 0 Å². The first-order valence-corrected chi connectivity index (χ1v) is 19.1. The third-order valence-electron chi connectivity index (χ3n) is 15.5. The molecule has 8 rings (SSSR count). The minimum Gasteiger partial charge on any atom is -0.0955 e. The van der Waals surface area contributed by atoms with Crippen molar-refractivity contribution >= 4 is 5.57 Å². The molecule has 5 aliphatic carbocycles. The van der Waals surface area contributed by atoms with E-state index in [0.717, 1.165) is 12.0 Å². The summed E-state index contributed by atoms with van der Waals surface area (Å²) in [5.74, 6) is 0.708. The van der Waals surface area contributed by atoms with Gasteiger partial charge in [-0.15, -0.1) is 0 Å². The lowest BCUT2D eigenvalue weighted by atomic mass is 9.36. The molecule has 0 radical (unpaired) electrons. The minimum atomic E-state index is -0.191. The van der Waals surface area contributed by atoms with Crippen molar-refractivity contribution < 1.29 is 0 Å². The SMILES string of the molecule is C=C(C)C1=C(C)C[C@@]2(C)[C@H](C)[C@]3(C)C(=C(C)[C@@]2(C)C1=C)C(=C)c1c(C)c(-c2cccc4c2CCC4)cc(-c2ccc4c(c2)CCC4)c1[C@H]3C. The predicted molar refractivity (Wildman–Crippen MR) is 211 cm³/mol. The molecule has 0 N–H and O–H groups in total. The summed E-state index contributed by atoms with van der Waals surface area (Å²) in [5.41, 5.74) is 25.2. The second-order valence-electron chi connectivity index (χ2n) is 17.4. The fourth-order valence-corrected chi connectivity index (χ4v) is 12.4. The smallest absolute Gasteiger partial charge is 0.0196 e. The highest BCUT2D eigenvalue weighted by molar-refractivity contribution is 5.95. The van der Waals surface area contributed by atoms with Crippen LogP contribution in [0.4, 0.5) is 0 Å². The maximum atomic E-state index is 5.13. The van der Waals surface area contributed by atoms with Crippen molar-refractivity contribution in [1.82, 2.24) is 0 Å². The van der Waals surface area contributed by atoms with Crippen LogP contribution in [0.3, 0.4) is 0 Å². The monoisotopic (exact) mass is 644 g/mol. The number of allylic oxidation sites excluding steroid dienone is 7. The van der Waals surface area contributed by atoms with Crippen molar-refractivity contribution in [2.45, 2.75) is 113 Å². The Kier molecular flexibility index (Phi) is 7.10. The second-order valence-corrected chi connectivity index (χ2v) is 17.4. The quantitative estimate of drug-likeness (QED) is 0.266. The molecule has 0 heterocycles. The Hall–Kier alpha value is -3.64. The molecule has 0 saturated heterocycles. The van der Waals surface area contributed by atoms with Gasteiger partial charge in [-0.25, -0.2) is 0 Å². The Morgan fingerprint density at radius 2 is 1.49 bits per heavy atom. The lowest BCUT2D eigenvalue weighted by molar-refractivity contribution is -0.0260. The molecule has 0 saturated carbocycles. The molecule has 0 spiro atoms. The van der Waals surface area contributed by atoms with Crippen LogP contribution in [0.5, 0.6) is 0 Å². The van der Waals surface area contributed by atoms with Gasteiger partial charge < -0.3 is 0 Å².